The molecule has 1 aliphatic carbocycles. The lowest BCUT2D eigenvalue weighted by Crippen LogP contribution is -2.37. The van der Waals surface area contributed by atoms with Crippen LogP contribution in [0.1, 0.15) is 51.4 Å². The van der Waals surface area contributed by atoms with E-state index >= 15 is 0 Å². The number of likely N-dealkylation sites (N-methyl/N-ethyl adjacent to an activating group) is 1. The molecule has 2 rings (SSSR count). The van der Waals surface area contributed by atoms with Crippen LogP contribution in [-0.2, 0) is 0 Å². The third-order valence-electron chi connectivity index (χ3n) is 3.46. The molecular weight excluding hydrogens is 224 g/mol. The van der Waals surface area contributed by atoms with E-state index in [0.717, 1.165) is 6.54 Å². The molecule has 1 atom stereocenters. The molecule has 1 saturated carbocycles. The summed E-state index contributed by atoms with van der Waals surface area (Å²) in [6.07, 6.45) is 6.50. The van der Waals surface area contributed by atoms with Crippen molar-refractivity contribution < 1.29 is 0 Å². The number of aromatic nitrogens is 2. The van der Waals surface area contributed by atoms with Gasteiger partial charge in [-0.1, -0.05) is 20.8 Å². The van der Waals surface area contributed by atoms with E-state index in [4.69, 9.17) is 5.73 Å². The second-order valence-corrected chi connectivity index (χ2v) is 6.68. The summed E-state index contributed by atoms with van der Waals surface area (Å²) in [5.74, 6) is 0. The van der Waals surface area contributed by atoms with Gasteiger partial charge in [0.15, 0.2) is 0 Å². The molecular formula is C14H26N4. The molecule has 0 bridgehead atoms. The van der Waals surface area contributed by atoms with Gasteiger partial charge in [-0.2, -0.15) is 0 Å². The fraction of sp³-hybridized carbons (Fsp3) is 0.786. The normalized spacial score (nSPS) is 18.3. The van der Waals surface area contributed by atoms with Crippen LogP contribution in [0.4, 0.5) is 0 Å². The molecule has 0 radical (unpaired) electrons. The summed E-state index contributed by atoms with van der Waals surface area (Å²) in [5, 5.41) is 0. The predicted octanol–water partition coefficient (Wildman–Crippen LogP) is 2.20. The predicted molar refractivity (Wildman–Crippen MR) is 74.4 cm³/mol. The summed E-state index contributed by atoms with van der Waals surface area (Å²) in [5.41, 5.74) is 7.54. The zero-order chi connectivity index (χ0) is 13.3. The maximum absolute atomic E-state index is 5.99. The molecule has 1 unspecified atom stereocenters. The van der Waals surface area contributed by atoms with Gasteiger partial charge < -0.3 is 10.3 Å². The zero-order valence-corrected chi connectivity index (χ0v) is 12.1. The second-order valence-electron chi connectivity index (χ2n) is 6.68. The van der Waals surface area contributed by atoms with Crippen LogP contribution < -0.4 is 5.73 Å². The van der Waals surface area contributed by atoms with Crippen LogP contribution in [0.3, 0.4) is 0 Å². The van der Waals surface area contributed by atoms with E-state index in [1.165, 1.54) is 18.5 Å². The number of rotatable bonds is 5. The molecule has 18 heavy (non-hydrogen) atoms. The van der Waals surface area contributed by atoms with Gasteiger partial charge in [-0.05, 0) is 25.3 Å². The Hall–Kier alpha value is -0.870. The van der Waals surface area contributed by atoms with Crippen LogP contribution in [0, 0.1) is 5.41 Å². The van der Waals surface area contributed by atoms with Crippen molar-refractivity contribution >= 4 is 0 Å². The third kappa shape index (κ3) is 3.12. The average Bonchev–Trinajstić information content (AvgIpc) is 2.98. The molecule has 4 heteroatoms. The minimum atomic E-state index is 0.271. The van der Waals surface area contributed by atoms with Gasteiger partial charge in [0, 0.05) is 25.3 Å². The Morgan fingerprint density at radius 1 is 1.50 bits per heavy atom. The van der Waals surface area contributed by atoms with Gasteiger partial charge in [0.1, 0.15) is 0 Å². The third-order valence-corrected chi connectivity index (χ3v) is 3.46. The van der Waals surface area contributed by atoms with Crippen LogP contribution in [0.5, 0.6) is 0 Å². The highest BCUT2D eigenvalue weighted by Gasteiger charge is 2.29. The van der Waals surface area contributed by atoms with E-state index in [2.05, 4.69) is 42.3 Å². The number of nitrogens with zero attached hydrogens (tertiary/aromatic N) is 3. The summed E-state index contributed by atoms with van der Waals surface area (Å²) in [6, 6.07) is 0.937. The molecule has 0 spiro atoms. The molecule has 1 fully saturated rings. The van der Waals surface area contributed by atoms with Gasteiger partial charge in [0.2, 0.25) is 0 Å². The van der Waals surface area contributed by atoms with Gasteiger partial charge in [-0.15, -0.1) is 0 Å². The van der Waals surface area contributed by atoms with E-state index in [1.807, 2.05) is 12.5 Å². The van der Waals surface area contributed by atoms with E-state index < -0.39 is 0 Å². The van der Waals surface area contributed by atoms with Crippen LogP contribution in [0.15, 0.2) is 12.5 Å². The molecule has 4 nitrogen and oxygen atoms in total. The summed E-state index contributed by atoms with van der Waals surface area (Å²) < 4.78 is 2.32. The fourth-order valence-corrected chi connectivity index (χ4v) is 2.62. The molecule has 102 valence electrons. The highest BCUT2D eigenvalue weighted by molar-refractivity contribution is 5.10. The van der Waals surface area contributed by atoms with Gasteiger partial charge in [0.05, 0.1) is 18.1 Å². The van der Waals surface area contributed by atoms with Crippen molar-refractivity contribution in [2.24, 2.45) is 11.1 Å². The lowest BCUT2D eigenvalue weighted by molar-refractivity contribution is 0.170. The van der Waals surface area contributed by atoms with Crippen molar-refractivity contribution in [3.05, 3.63) is 18.2 Å². The van der Waals surface area contributed by atoms with Crippen LogP contribution in [0.25, 0.3) is 0 Å². The lowest BCUT2D eigenvalue weighted by atomic mass is 9.95. The second kappa shape index (κ2) is 5.02. The first-order chi connectivity index (χ1) is 8.42. The molecule has 0 amide bonds. The van der Waals surface area contributed by atoms with E-state index in [9.17, 15) is 0 Å². The van der Waals surface area contributed by atoms with Crippen LogP contribution in [-0.4, -0.2) is 34.6 Å². The van der Waals surface area contributed by atoms with Crippen LogP contribution >= 0.6 is 0 Å². The first kappa shape index (κ1) is 13.6. The fourth-order valence-electron chi connectivity index (χ4n) is 2.62. The topological polar surface area (TPSA) is 47.1 Å². The van der Waals surface area contributed by atoms with Crippen molar-refractivity contribution in [2.45, 2.75) is 45.7 Å². The maximum Gasteiger partial charge on any atom is 0.0951 e. The van der Waals surface area contributed by atoms with Gasteiger partial charge in [0.25, 0.3) is 0 Å². The number of hydrogen-bond donors (Lipinski definition) is 1. The van der Waals surface area contributed by atoms with Gasteiger partial charge in [-0.25, -0.2) is 4.98 Å². The first-order valence-corrected chi connectivity index (χ1v) is 6.84. The molecule has 1 heterocycles. The van der Waals surface area contributed by atoms with Crippen molar-refractivity contribution in [3.8, 4) is 0 Å². The average molecular weight is 250 g/mol. The van der Waals surface area contributed by atoms with E-state index in [1.54, 1.807) is 0 Å². The Kier molecular flexibility index (Phi) is 3.78. The van der Waals surface area contributed by atoms with Crippen molar-refractivity contribution in [1.82, 2.24) is 14.5 Å². The summed E-state index contributed by atoms with van der Waals surface area (Å²) >= 11 is 0. The Morgan fingerprint density at radius 3 is 2.67 bits per heavy atom. The van der Waals surface area contributed by atoms with Crippen molar-refractivity contribution in [3.63, 3.8) is 0 Å². The minimum absolute atomic E-state index is 0.271. The zero-order valence-electron chi connectivity index (χ0n) is 12.1. The maximum atomic E-state index is 5.99. The Morgan fingerprint density at radius 2 is 2.17 bits per heavy atom. The molecule has 0 saturated heterocycles. The number of imidazole rings is 1. The summed E-state index contributed by atoms with van der Waals surface area (Å²) in [6.45, 7) is 8.45. The minimum Gasteiger partial charge on any atom is -0.330 e. The summed E-state index contributed by atoms with van der Waals surface area (Å²) in [7, 11) is 2.16. The Bertz CT molecular complexity index is 387. The summed E-state index contributed by atoms with van der Waals surface area (Å²) in [4.78, 5) is 6.67. The molecule has 0 aliphatic heterocycles. The smallest absolute Gasteiger partial charge is 0.0951 e. The monoisotopic (exact) mass is 250 g/mol. The first-order valence-electron chi connectivity index (χ1n) is 6.84. The SMILES string of the molecule is CN(CC(C)(C)C)C(CN)c1cncn1C1CC1. The molecule has 1 aromatic rings. The Labute approximate surface area is 110 Å². The van der Waals surface area contributed by atoms with Crippen LogP contribution in [0.2, 0.25) is 0 Å². The van der Waals surface area contributed by atoms with Crippen molar-refractivity contribution in [1.29, 1.82) is 0 Å². The van der Waals surface area contributed by atoms with Gasteiger partial charge in [-0.3, -0.25) is 4.90 Å². The highest BCUT2D eigenvalue weighted by atomic mass is 15.2. The largest absolute Gasteiger partial charge is 0.330 e. The van der Waals surface area contributed by atoms with Crippen molar-refractivity contribution in [2.75, 3.05) is 20.1 Å². The molecule has 2 N–H and O–H groups in total. The molecule has 1 aliphatic rings. The highest BCUT2D eigenvalue weighted by Crippen LogP contribution is 2.37. The lowest BCUT2D eigenvalue weighted by Gasteiger charge is -2.33. The van der Waals surface area contributed by atoms with E-state index in [0.29, 0.717) is 12.6 Å². The molecule has 1 aromatic heterocycles. The number of nitrogens with two attached hydrogens (primary N) is 1. The Balaban J connectivity index is 2.14. The van der Waals surface area contributed by atoms with E-state index in [-0.39, 0.29) is 11.5 Å². The standard InChI is InChI=1S/C14H26N4/c1-14(2,3)9-17(4)12(7-15)13-8-16-10-18(13)11-5-6-11/h8,10-12H,5-7,9,15H2,1-4H3. The molecule has 0 aromatic carbocycles. The number of hydrogen-bond acceptors (Lipinski definition) is 3. The quantitative estimate of drug-likeness (QED) is 0.871. The van der Waals surface area contributed by atoms with Gasteiger partial charge >= 0.3 is 0 Å².